The van der Waals surface area contributed by atoms with Crippen molar-refractivity contribution in [3.05, 3.63) is 90.1 Å². The van der Waals surface area contributed by atoms with Gasteiger partial charge in [0.25, 0.3) is 0 Å². The number of anilines is 1. The van der Waals surface area contributed by atoms with Crippen LogP contribution in [0.1, 0.15) is 29.4 Å². The number of nitrogens with one attached hydrogen (secondary N) is 3. The Morgan fingerprint density at radius 2 is 1.94 bits per heavy atom. The molecule has 0 spiro atoms. The largest absolute Gasteiger partial charge is 0.373 e. The maximum atomic E-state index is 4.93. The lowest BCUT2D eigenvalue weighted by atomic mass is 9.97. The van der Waals surface area contributed by atoms with Gasteiger partial charge in [0.2, 0.25) is 0 Å². The Labute approximate surface area is 199 Å². The van der Waals surface area contributed by atoms with Crippen LogP contribution in [0.4, 0.5) is 5.82 Å². The molecule has 3 N–H and O–H groups in total. The van der Waals surface area contributed by atoms with Crippen molar-refractivity contribution in [3.63, 3.8) is 0 Å². The van der Waals surface area contributed by atoms with Crippen LogP contribution in [-0.4, -0.2) is 33.5 Å². The average Bonchev–Trinajstić information content (AvgIpc) is 3.32. The monoisotopic (exact) mass is 448 g/mol. The van der Waals surface area contributed by atoms with Crippen LogP contribution in [0.15, 0.2) is 67.6 Å². The van der Waals surface area contributed by atoms with Crippen molar-refractivity contribution in [2.45, 2.75) is 20.4 Å². The predicted octanol–water partition coefficient (Wildman–Crippen LogP) is 5.69. The minimum absolute atomic E-state index is 0.734. The van der Waals surface area contributed by atoms with Crippen molar-refractivity contribution in [1.29, 1.82) is 0 Å². The molecule has 5 aromatic rings. The first kappa shape index (κ1) is 21.8. The third-order valence-electron chi connectivity index (χ3n) is 6.31. The van der Waals surface area contributed by atoms with Gasteiger partial charge in [-0.05, 0) is 42.1 Å². The average molecular weight is 449 g/mol. The van der Waals surface area contributed by atoms with Crippen molar-refractivity contribution >= 4 is 33.2 Å². The second kappa shape index (κ2) is 9.08. The minimum atomic E-state index is 0.734. The van der Waals surface area contributed by atoms with Crippen LogP contribution in [0.25, 0.3) is 38.5 Å². The SMILES string of the molecule is C=C(c1nc2c(ccc3ccccc32)[nH]1)c1cc(-c2cncc(CNCC)c2C)cnc1NC. The van der Waals surface area contributed by atoms with E-state index in [4.69, 9.17) is 9.97 Å². The molecule has 0 saturated heterocycles. The molecule has 0 atom stereocenters. The third-order valence-corrected chi connectivity index (χ3v) is 6.31. The Morgan fingerprint density at radius 3 is 2.76 bits per heavy atom. The van der Waals surface area contributed by atoms with E-state index in [9.17, 15) is 0 Å². The second-order valence-electron chi connectivity index (χ2n) is 8.37. The number of nitrogens with zero attached hydrogens (tertiary/aromatic N) is 3. The summed E-state index contributed by atoms with van der Waals surface area (Å²) in [6, 6.07) is 14.6. The zero-order valence-corrected chi connectivity index (χ0v) is 19.7. The molecule has 34 heavy (non-hydrogen) atoms. The fourth-order valence-corrected chi connectivity index (χ4v) is 4.35. The highest BCUT2D eigenvalue weighted by atomic mass is 15.0. The number of pyridine rings is 2. The molecule has 0 unspecified atom stereocenters. The van der Waals surface area contributed by atoms with Crippen LogP contribution in [0.2, 0.25) is 0 Å². The molecule has 3 aromatic heterocycles. The van der Waals surface area contributed by atoms with Crippen LogP contribution in [-0.2, 0) is 6.54 Å². The highest BCUT2D eigenvalue weighted by Crippen LogP contribution is 2.33. The summed E-state index contributed by atoms with van der Waals surface area (Å²) in [6.45, 7) is 10.3. The summed E-state index contributed by atoms with van der Waals surface area (Å²) >= 11 is 0. The van der Waals surface area contributed by atoms with Gasteiger partial charge in [-0.3, -0.25) is 4.98 Å². The van der Waals surface area contributed by atoms with Crippen LogP contribution in [0, 0.1) is 6.92 Å². The normalized spacial score (nSPS) is 11.3. The number of hydrogen-bond acceptors (Lipinski definition) is 5. The molecule has 6 heteroatoms. The second-order valence-corrected chi connectivity index (χ2v) is 8.37. The molecule has 5 rings (SSSR count). The zero-order valence-electron chi connectivity index (χ0n) is 19.7. The van der Waals surface area contributed by atoms with Gasteiger partial charge in [-0.1, -0.05) is 43.8 Å². The van der Waals surface area contributed by atoms with E-state index in [1.165, 1.54) is 16.5 Å². The molecule has 3 heterocycles. The number of aromatic amines is 1. The first-order valence-corrected chi connectivity index (χ1v) is 11.5. The molecule has 2 aromatic carbocycles. The van der Waals surface area contributed by atoms with Gasteiger partial charge in [0.15, 0.2) is 0 Å². The number of fused-ring (bicyclic) bond motifs is 3. The summed E-state index contributed by atoms with van der Waals surface area (Å²) in [7, 11) is 1.87. The van der Waals surface area contributed by atoms with Crippen molar-refractivity contribution in [3.8, 4) is 11.1 Å². The molecule has 0 bridgehead atoms. The fourth-order valence-electron chi connectivity index (χ4n) is 4.35. The van der Waals surface area contributed by atoms with Gasteiger partial charge in [0, 0.05) is 59.8 Å². The lowest BCUT2D eigenvalue weighted by molar-refractivity contribution is 0.721. The van der Waals surface area contributed by atoms with Crippen LogP contribution >= 0.6 is 0 Å². The topological polar surface area (TPSA) is 78.5 Å². The molecule has 0 fully saturated rings. The van der Waals surface area contributed by atoms with Gasteiger partial charge in [-0.25, -0.2) is 9.97 Å². The van der Waals surface area contributed by atoms with Crippen LogP contribution < -0.4 is 10.6 Å². The highest BCUT2D eigenvalue weighted by molar-refractivity contribution is 6.05. The Balaban J connectivity index is 1.59. The van der Waals surface area contributed by atoms with Gasteiger partial charge < -0.3 is 15.6 Å². The van der Waals surface area contributed by atoms with Crippen molar-refractivity contribution in [2.75, 3.05) is 18.9 Å². The minimum Gasteiger partial charge on any atom is -0.373 e. The van der Waals surface area contributed by atoms with E-state index in [1.54, 1.807) is 0 Å². The molecule has 0 radical (unpaired) electrons. The number of benzene rings is 2. The molecule has 0 aliphatic heterocycles. The number of rotatable bonds is 7. The van der Waals surface area contributed by atoms with Crippen molar-refractivity contribution in [1.82, 2.24) is 25.3 Å². The van der Waals surface area contributed by atoms with Gasteiger partial charge in [-0.2, -0.15) is 0 Å². The standard InChI is InChI=1S/C28H28N6/c1-5-30-13-21-14-31-16-24(17(21)2)20-12-23(28(29-4)32-15-20)18(3)27-33-25-11-10-19-8-6-7-9-22(19)26(25)34-27/h6-12,14-16,30H,3,5,13H2,1-2,4H3,(H,29,32)(H,33,34). The summed E-state index contributed by atoms with van der Waals surface area (Å²) in [5, 5.41) is 8.88. The maximum Gasteiger partial charge on any atom is 0.138 e. The fraction of sp³-hybridized carbons (Fsp3) is 0.179. The van der Waals surface area contributed by atoms with Crippen molar-refractivity contribution < 1.29 is 0 Å². The first-order chi connectivity index (χ1) is 16.6. The molecule has 0 aliphatic carbocycles. The number of aromatic nitrogens is 4. The summed E-state index contributed by atoms with van der Waals surface area (Å²) in [6.07, 6.45) is 5.71. The highest BCUT2D eigenvalue weighted by Gasteiger charge is 2.16. The summed E-state index contributed by atoms with van der Waals surface area (Å²) < 4.78 is 0. The van der Waals surface area contributed by atoms with E-state index in [1.807, 2.05) is 37.8 Å². The number of H-pyrrole nitrogens is 1. The van der Waals surface area contributed by atoms with E-state index in [2.05, 4.69) is 71.4 Å². The lowest BCUT2D eigenvalue weighted by Crippen LogP contribution is -2.13. The van der Waals surface area contributed by atoms with E-state index in [-0.39, 0.29) is 0 Å². The zero-order chi connectivity index (χ0) is 23.7. The number of imidazole rings is 1. The van der Waals surface area contributed by atoms with E-state index in [0.29, 0.717) is 0 Å². The molecule has 0 saturated carbocycles. The van der Waals surface area contributed by atoms with Gasteiger partial charge in [0.1, 0.15) is 11.6 Å². The summed E-state index contributed by atoms with van der Waals surface area (Å²) in [5.74, 6) is 1.49. The maximum absolute atomic E-state index is 4.93. The Bertz CT molecular complexity index is 1510. The Morgan fingerprint density at radius 1 is 1.09 bits per heavy atom. The Kier molecular flexibility index (Phi) is 5.82. The van der Waals surface area contributed by atoms with E-state index >= 15 is 0 Å². The summed E-state index contributed by atoms with van der Waals surface area (Å²) in [4.78, 5) is 17.6. The summed E-state index contributed by atoms with van der Waals surface area (Å²) in [5.41, 5.74) is 8.06. The van der Waals surface area contributed by atoms with Gasteiger partial charge >= 0.3 is 0 Å². The number of hydrogen-bond donors (Lipinski definition) is 3. The van der Waals surface area contributed by atoms with Crippen LogP contribution in [0.3, 0.4) is 0 Å². The molecule has 6 nitrogen and oxygen atoms in total. The molecular formula is C28H28N6. The van der Waals surface area contributed by atoms with Gasteiger partial charge in [-0.15, -0.1) is 0 Å². The predicted molar refractivity (Wildman–Crippen MR) is 141 cm³/mol. The van der Waals surface area contributed by atoms with E-state index in [0.717, 1.165) is 63.4 Å². The first-order valence-electron chi connectivity index (χ1n) is 11.5. The van der Waals surface area contributed by atoms with Gasteiger partial charge in [0.05, 0.1) is 11.0 Å². The molecule has 0 amide bonds. The lowest BCUT2D eigenvalue weighted by Gasteiger charge is -2.14. The quantitative estimate of drug-likeness (QED) is 0.298. The van der Waals surface area contributed by atoms with Crippen LogP contribution in [0.5, 0.6) is 0 Å². The molecular weight excluding hydrogens is 420 g/mol. The molecule has 170 valence electrons. The molecule has 0 aliphatic rings. The Hall–Kier alpha value is -4.03. The third kappa shape index (κ3) is 3.82. The van der Waals surface area contributed by atoms with Crippen molar-refractivity contribution in [2.24, 2.45) is 0 Å². The van der Waals surface area contributed by atoms with E-state index < -0.39 is 0 Å². The smallest absolute Gasteiger partial charge is 0.138 e.